The van der Waals surface area contributed by atoms with Crippen molar-refractivity contribution in [3.8, 4) is 0 Å². The maximum atomic E-state index is 10.6. The van der Waals surface area contributed by atoms with E-state index < -0.39 is 5.97 Å². The van der Waals surface area contributed by atoms with Crippen LogP contribution in [0.1, 0.15) is 5.82 Å². The fraction of sp³-hybridized carbons (Fsp3) is 0.429. The molecular formula is C7H9N7O2S. The minimum Gasteiger partial charge on any atom is -0.480 e. The van der Waals surface area contributed by atoms with Gasteiger partial charge < -0.3 is 5.11 Å². The maximum Gasteiger partial charge on any atom is 0.325 e. The number of nitrogens with zero attached hydrogens (tertiary/aromatic N) is 7. The van der Waals surface area contributed by atoms with Crippen LogP contribution in [0, 0.1) is 0 Å². The van der Waals surface area contributed by atoms with Crippen molar-refractivity contribution >= 4 is 17.7 Å². The predicted octanol–water partition coefficient (Wildman–Crippen LogP) is -0.822. The van der Waals surface area contributed by atoms with E-state index in [0.29, 0.717) is 10.9 Å². The first-order chi connectivity index (χ1) is 8.16. The first-order valence-electron chi connectivity index (χ1n) is 4.60. The third kappa shape index (κ3) is 2.78. The summed E-state index contributed by atoms with van der Waals surface area (Å²) < 4.78 is 2.86. The van der Waals surface area contributed by atoms with Gasteiger partial charge in [-0.3, -0.25) is 9.48 Å². The summed E-state index contributed by atoms with van der Waals surface area (Å²) in [5, 5.41) is 23.8. The lowest BCUT2D eigenvalue weighted by atomic mass is 10.7. The first kappa shape index (κ1) is 11.5. The zero-order chi connectivity index (χ0) is 12.3. The number of hydrogen-bond donors (Lipinski definition) is 1. The summed E-state index contributed by atoms with van der Waals surface area (Å²) in [6.07, 6.45) is 1.45. The normalized spacial score (nSPS) is 10.6. The molecule has 17 heavy (non-hydrogen) atoms. The summed E-state index contributed by atoms with van der Waals surface area (Å²) >= 11 is 1.31. The van der Waals surface area contributed by atoms with Crippen molar-refractivity contribution in [3.63, 3.8) is 0 Å². The van der Waals surface area contributed by atoms with Crippen LogP contribution in [0.25, 0.3) is 0 Å². The highest BCUT2D eigenvalue weighted by Crippen LogP contribution is 2.17. The highest BCUT2D eigenvalue weighted by molar-refractivity contribution is 7.98. The highest BCUT2D eigenvalue weighted by Gasteiger charge is 2.11. The summed E-state index contributed by atoms with van der Waals surface area (Å²) in [7, 11) is 1.78. The van der Waals surface area contributed by atoms with Crippen LogP contribution in [-0.2, 0) is 24.1 Å². The Morgan fingerprint density at radius 1 is 1.59 bits per heavy atom. The molecule has 2 aromatic rings. The van der Waals surface area contributed by atoms with Gasteiger partial charge in [0.1, 0.15) is 18.7 Å². The van der Waals surface area contributed by atoms with Crippen molar-refractivity contribution in [1.82, 2.24) is 35.0 Å². The van der Waals surface area contributed by atoms with Gasteiger partial charge in [0.05, 0.1) is 5.75 Å². The molecule has 2 aromatic heterocycles. The number of thioether (sulfide) groups is 1. The minimum atomic E-state index is -0.988. The van der Waals surface area contributed by atoms with Gasteiger partial charge in [0.15, 0.2) is 0 Å². The lowest BCUT2D eigenvalue weighted by molar-refractivity contribution is -0.138. The standard InChI is InChI=1S/C7H9N7O2S/c1-13-5(8-4-9-13)3-17-7-10-11-12-14(7)2-6(15)16/h4H,2-3H2,1H3,(H,15,16). The highest BCUT2D eigenvalue weighted by atomic mass is 32.2. The molecule has 9 nitrogen and oxygen atoms in total. The van der Waals surface area contributed by atoms with Crippen LogP contribution in [0.2, 0.25) is 0 Å². The zero-order valence-corrected chi connectivity index (χ0v) is 9.70. The molecule has 2 heterocycles. The molecule has 90 valence electrons. The lowest BCUT2D eigenvalue weighted by Crippen LogP contribution is -2.11. The SMILES string of the molecule is Cn1ncnc1CSc1nnnn1CC(=O)O. The molecule has 2 rings (SSSR count). The van der Waals surface area contributed by atoms with Crippen molar-refractivity contribution < 1.29 is 9.90 Å². The Kier molecular flexibility index (Phi) is 3.32. The molecule has 0 aromatic carbocycles. The average molecular weight is 255 g/mol. The van der Waals surface area contributed by atoms with Crippen LogP contribution in [0.3, 0.4) is 0 Å². The van der Waals surface area contributed by atoms with Gasteiger partial charge in [0.25, 0.3) is 0 Å². The molecule has 0 aliphatic carbocycles. The molecule has 0 saturated heterocycles. The molecule has 0 unspecified atom stereocenters. The number of carboxylic acid groups (broad SMARTS) is 1. The second kappa shape index (κ2) is 4.91. The topological polar surface area (TPSA) is 112 Å². The van der Waals surface area contributed by atoms with Crippen molar-refractivity contribution in [2.24, 2.45) is 7.05 Å². The molecule has 1 N–H and O–H groups in total. The summed E-state index contributed by atoms with van der Waals surface area (Å²) in [6.45, 7) is -0.256. The quantitative estimate of drug-likeness (QED) is 0.689. The van der Waals surface area contributed by atoms with Crippen molar-refractivity contribution in [3.05, 3.63) is 12.2 Å². The number of aliphatic carboxylic acids is 1. The van der Waals surface area contributed by atoms with Gasteiger partial charge in [0.2, 0.25) is 5.16 Å². The first-order valence-corrected chi connectivity index (χ1v) is 5.59. The van der Waals surface area contributed by atoms with E-state index in [2.05, 4.69) is 25.6 Å². The molecule has 0 bridgehead atoms. The van der Waals surface area contributed by atoms with Crippen LogP contribution in [0.5, 0.6) is 0 Å². The molecule has 0 spiro atoms. The van der Waals surface area contributed by atoms with Crippen LogP contribution >= 0.6 is 11.8 Å². The van der Waals surface area contributed by atoms with Crippen molar-refractivity contribution in [2.45, 2.75) is 17.5 Å². The Morgan fingerprint density at radius 2 is 2.41 bits per heavy atom. The summed E-state index contributed by atoms with van der Waals surface area (Å²) in [4.78, 5) is 14.6. The molecule has 10 heteroatoms. The van der Waals surface area contributed by atoms with Gasteiger partial charge in [-0.05, 0) is 10.4 Å². The largest absolute Gasteiger partial charge is 0.480 e. The van der Waals surface area contributed by atoms with E-state index in [1.165, 1.54) is 22.8 Å². The van der Waals surface area contributed by atoms with Crippen LogP contribution in [-0.4, -0.2) is 46.0 Å². The Morgan fingerprint density at radius 3 is 3.06 bits per heavy atom. The Labute approximate surface area is 99.8 Å². The molecule has 0 atom stereocenters. The predicted molar refractivity (Wildman–Crippen MR) is 56.0 cm³/mol. The van der Waals surface area contributed by atoms with Crippen LogP contribution in [0.4, 0.5) is 0 Å². The number of tetrazole rings is 1. The maximum absolute atomic E-state index is 10.6. The Hall–Kier alpha value is -1.97. The third-order valence-corrected chi connectivity index (χ3v) is 2.87. The van der Waals surface area contributed by atoms with E-state index in [9.17, 15) is 4.79 Å². The van der Waals surface area contributed by atoms with E-state index in [-0.39, 0.29) is 6.54 Å². The van der Waals surface area contributed by atoms with Gasteiger partial charge in [-0.15, -0.1) is 5.10 Å². The number of aryl methyl sites for hydroxylation is 1. The lowest BCUT2D eigenvalue weighted by Gasteiger charge is -2.00. The number of rotatable bonds is 5. The average Bonchev–Trinajstić information content (AvgIpc) is 2.84. The van der Waals surface area contributed by atoms with E-state index in [1.54, 1.807) is 11.7 Å². The number of carboxylic acids is 1. The number of aromatic nitrogens is 7. The van der Waals surface area contributed by atoms with Gasteiger partial charge >= 0.3 is 5.97 Å². The van der Waals surface area contributed by atoms with Crippen molar-refractivity contribution in [2.75, 3.05) is 0 Å². The Balaban J connectivity index is 2.02. The smallest absolute Gasteiger partial charge is 0.325 e. The fourth-order valence-electron chi connectivity index (χ4n) is 1.11. The van der Waals surface area contributed by atoms with Crippen LogP contribution in [0.15, 0.2) is 11.5 Å². The molecule has 0 fully saturated rings. The second-order valence-corrected chi connectivity index (χ2v) is 4.04. The monoisotopic (exact) mass is 255 g/mol. The molecule has 0 radical (unpaired) electrons. The molecular weight excluding hydrogens is 246 g/mol. The molecule has 0 aliphatic heterocycles. The molecule has 0 amide bonds. The van der Waals surface area contributed by atoms with Gasteiger partial charge in [0, 0.05) is 7.05 Å². The summed E-state index contributed by atoms with van der Waals surface area (Å²) in [6, 6.07) is 0. The number of carbonyl (C=O) groups is 1. The summed E-state index contributed by atoms with van der Waals surface area (Å²) in [5.74, 6) is 0.300. The van der Waals surface area contributed by atoms with Gasteiger partial charge in [-0.1, -0.05) is 11.8 Å². The minimum absolute atomic E-state index is 0.256. The van der Waals surface area contributed by atoms with E-state index in [0.717, 1.165) is 5.82 Å². The molecule has 0 saturated carbocycles. The Bertz CT molecular complexity index is 522. The molecule has 0 aliphatic rings. The van der Waals surface area contributed by atoms with E-state index in [4.69, 9.17) is 5.11 Å². The second-order valence-electron chi connectivity index (χ2n) is 3.10. The third-order valence-electron chi connectivity index (χ3n) is 1.92. The van der Waals surface area contributed by atoms with E-state index >= 15 is 0 Å². The number of hydrogen-bond acceptors (Lipinski definition) is 7. The van der Waals surface area contributed by atoms with E-state index in [1.807, 2.05) is 0 Å². The van der Waals surface area contributed by atoms with Gasteiger partial charge in [-0.2, -0.15) is 5.10 Å². The zero-order valence-electron chi connectivity index (χ0n) is 8.89. The van der Waals surface area contributed by atoms with Crippen molar-refractivity contribution in [1.29, 1.82) is 0 Å². The summed E-state index contributed by atoms with van der Waals surface area (Å²) in [5.41, 5.74) is 0. The van der Waals surface area contributed by atoms with Gasteiger partial charge in [-0.25, -0.2) is 9.67 Å². The fourth-order valence-corrected chi connectivity index (χ4v) is 1.97. The van der Waals surface area contributed by atoms with Crippen LogP contribution < -0.4 is 0 Å².